The minimum Gasteiger partial charge on any atom is -0.481 e. The molecule has 1 fully saturated rings. The van der Waals surface area contributed by atoms with Crippen LogP contribution in [0.25, 0.3) is 0 Å². The zero-order valence-corrected chi connectivity index (χ0v) is 11.0. The molecule has 0 amide bonds. The van der Waals surface area contributed by atoms with E-state index in [0.29, 0.717) is 0 Å². The topological polar surface area (TPSA) is 101 Å². The van der Waals surface area contributed by atoms with Gasteiger partial charge in [0.1, 0.15) is 0 Å². The van der Waals surface area contributed by atoms with E-state index in [9.17, 15) is 18.0 Å². The van der Waals surface area contributed by atoms with Crippen molar-refractivity contribution in [2.24, 2.45) is 5.92 Å². The van der Waals surface area contributed by atoms with E-state index in [0.717, 1.165) is 0 Å². The zero-order valence-electron chi connectivity index (χ0n) is 10.2. The lowest BCUT2D eigenvalue weighted by Gasteiger charge is -2.37. The molecule has 0 aliphatic carbocycles. The predicted octanol–water partition coefficient (Wildman–Crippen LogP) is -0.324. The van der Waals surface area contributed by atoms with Crippen molar-refractivity contribution in [3.05, 3.63) is 0 Å². The fourth-order valence-electron chi connectivity index (χ4n) is 1.70. The van der Waals surface area contributed by atoms with Crippen LogP contribution in [-0.4, -0.2) is 55.2 Å². The molecule has 0 atom stereocenters. The maximum absolute atomic E-state index is 11.7. The molecular formula is C10H17NO6S. The first-order valence-corrected chi connectivity index (χ1v) is 7.31. The molecule has 0 saturated carbocycles. The molecule has 1 rings (SSSR count). The molecular weight excluding hydrogens is 262 g/mol. The van der Waals surface area contributed by atoms with Crippen molar-refractivity contribution in [3.8, 4) is 0 Å². The highest BCUT2D eigenvalue weighted by molar-refractivity contribution is 7.89. The van der Waals surface area contributed by atoms with Crippen molar-refractivity contribution in [2.45, 2.75) is 19.8 Å². The first-order valence-electron chi connectivity index (χ1n) is 5.70. The Morgan fingerprint density at radius 1 is 1.39 bits per heavy atom. The Morgan fingerprint density at radius 3 is 2.50 bits per heavy atom. The van der Waals surface area contributed by atoms with Crippen molar-refractivity contribution in [3.63, 3.8) is 0 Å². The minimum absolute atomic E-state index is 0.0239. The molecule has 7 nitrogen and oxygen atoms in total. The molecule has 0 radical (unpaired) electrons. The highest BCUT2D eigenvalue weighted by Gasteiger charge is 2.36. The Morgan fingerprint density at radius 2 is 2.00 bits per heavy atom. The molecule has 8 heteroatoms. The van der Waals surface area contributed by atoms with E-state index >= 15 is 0 Å². The Kier molecular flexibility index (Phi) is 5.09. The summed E-state index contributed by atoms with van der Waals surface area (Å²) >= 11 is 0. The van der Waals surface area contributed by atoms with Gasteiger partial charge in [0.2, 0.25) is 10.0 Å². The Bertz CT molecular complexity index is 412. The number of carbonyl (C=O) groups excluding carboxylic acids is 1. The zero-order chi connectivity index (χ0) is 13.8. The van der Waals surface area contributed by atoms with Gasteiger partial charge in [-0.05, 0) is 12.8 Å². The normalized spacial score (nSPS) is 17.2. The molecule has 0 bridgehead atoms. The van der Waals surface area contributed by atoms with E-state index in [1.165, 1.54) is 4.31 Å². The largest absolute Gasteiger partial charge is 0.481 e. The van der Waals surface area contributed by atoms with Crippen molar-refractivity contribution in [1.82, 2.24) is 4.31 Å². The van der Waals surface area contributed by atoms with Crippen LogP contribution < -0.4 is 0 Å². The van der Waals surface area contributed by atoms with E-state index in [1.807, 2.05) is 0 Å². The van der Waals surface area contributed by atoms with Gasteiger partial charge in [0, 0.05) is 13.1 Å². The summed E-state index contributed by atoms with van der Waals surface area (Å²) in [5.41, 5.74) is 0. The minimum atomic E-state index is -3.47. The molecule has 1 heterocycles. The highest BCUT2D eigenvalue weighted by atomic mass is 32.2. The van der Waals surface area contributed by atoms with Gasteiger partial charge in [-0.15, -0.1) is 0 Å². The quantitative estimate of drug-likeness (QED) is 0.641. The Hall–Kier alpha value is -1.15. The summed E-state index contributed by atoms with van der Waals surface area (Å²) in [4.78, 5) is 21.5. The standard InChI is InChI=1S/C10H17NO6S/c1-2-17-10(14)3-4-18(15,16)11-6-8(7-11)5-9(12)13/h8H,2-7H2,1H3,(H,12,13). The highest BCUT2D eigenvalue weighted by Crippen LogP contribution is 2.23. The van der Waals surface area contributed by atoms with Crippen molar-refractivity contribution in [1.29, 1.82) is 0 Å². The lowest BCUT2D eigenvalue weighted by molar-refractivity contribution is -0.142. The van der Waals surface area contributed by atoms with Gasteiger partial charge < -0.3 is 9.84 Å². The van der Waals surface area contributed by atoms with Gasteiger partial charge in [-0.25, -0.2) is 12.7 Å². The number of esters is 1. The molecule has 18 heavy (non-hydrogen) atoms. The average Bonchev–Trinajstić information content (AvgIpc) is 2.20. The lowest BCUT2D eigenvalue weighted by atomic mass is 10.00. The molecule has 1 aliphatic rings. The number of nitrogens with zero attached hydrogens (tertiary/aromatic N) is 1. The number of hydrogen-bond acceptors (Lipinski definition) is 5. The smallest absolute Gasteiger partial charge is 0.306 e. The number of hydrogen-bond donors (Lipinski definition) is 1. The Labute approximate surface area is 106 Å². The Balaban J connectivity index is 2.34. The van der Waals surface area contributed by atoms with Crippen molar-refractivity contribution >= 4 is 22.0 Å². The van der Waals surface area contributed by atoms with Gasteiger partial charge in [0.25, 0.3) is 0 Å². The number of aliphatic carboxylic acids is 1. The van der Waals surface area contributed by atoms with E-state index in [2.05, 4.69) is 4.74 Å². The molecule has 1 N–H and O–H groups in total. The van der Waals surface area contributed by atoms with Crippen LogP contribution in [0.2, 0.25) is 0 Å². The molecule has 104 valence electrons. The number of ether oxygens (including phenoxy) is 1. The summed E-state index contributed by atoms with van der Waals surface area (Å²) in [6.45, 7) is 2.32. The average molecular weight is 279 g/mol. The number of carboxylic acids is 1. The van der Waals surface area contributed by atoms with Gasteiger partial charge in [-0.3, -0.25) is 9.59 Å². The van der Waals surface area contributed by atoms with Gasteiger partial charge in [0.05, 0.1) is 25.2 Å². The van der Waals surface area contributed by atoms with Crippen LogP contribution in [0.3, 0.4) is 0 Å². The van der Waals surface area contributed by atoms with Crippen LogP contribution >= 0.6 is 0 Å². The first kappa shape index (κ1) is 14.9. The number of carbonyl (C=O) groups is 2. The summed E-state index contributed by atoms with van der Waals surface area (Å²) in [5, 5.41) is 8.54. The fourth-order valence-corrected chi connectivity index (χ4v) is 3.26. The van der Waals surface area contributed by atoms with Crippen LogP contribution in [0.1, 0.15) is 19.8 Å². The number of sulfonamides is 1. The molecule has 0 aromatic carbocycles. The summed E-state index contributed by atoms with van der Waals surface area (Å²) in [6.07, 6.45) is -0.194. The summed E-state index contributed by atoms with van der Waals surface area (Å²) in [6, 6.07) is 0. The number of rotatable bonds is 7. The van der Waals surface area contributed by atoms with Crippen LogP contribution in [-0.2, 0) is 24.3 Å². The second-order valence-electron chi connectivity index (χ2n) is 4.15. The fraction of sp³-hybridized carbons (Fsp3) is 0.800. The van der Waals surface area contributed by atoms with E-state index in [4.69, 9.17) is 5.11 Å². The summed E-state index contributed by atoms with van der Waals surface area (Å²) < 4.78 is 29.3. The molecule has 1 saturated heterocycles. The number of carboxylic acid groups (broad SMARTS) is 1. The third-order valence-electron chi connectivity index (χ3n) is 2.65. The van der Waals surface area contributed by atoms with Gasteiger partial charge in [0.15, 0.2) is 0 Å². The van der Waals surface area contributed by atoms with Crippen LogP contribution in [0.5, 0.6) is 0 Å². The molecule has 0 spiro atoms. The second kappa shape index (κ2) is 6.14. The van der Waals surface area contributed by atoms with E-state index in [-0.39, 0.29) is 44.2 Å². The summed E-state index contributed by atoms with van der Waals surface area (Å²) in [7, 11) is -3.47. The summed E-state index contributed by atoms with van der Waals surface area (Å²) in [5.74, 6) is -1.88. The third-order valence-corrected chi connectivity index (χ3v) is 4.45. The second-order valence-corrected chi connectivity index (χ2v) is 6.24. The van der Waals surface area contributed by atoms with Gasteiger partial charge in [-0.2, -0.15) is 0 Å². The monoisotopic (exact) mass is 279 g/mol. The van der Waals surface area contributed by atoms with Crippen molar-refractivity contribution < 1.29 is 27.9 Å². The van der Waals surface area contributed by atoms with Crippen LogP contribution in [0, 0.1) is 5.92 Å². The van der Waals surface area contributed by atoms with Crippen LogP contribution in [0.4, 0.5) is 0 Å². The van der Waals surface area contributed by atoms with E-state index < -0.39 is 22.0 Å². The predicted molar refractivity (Wildman–Crippen MR) is 62.4 cm³/mol. The molecule has 0 unspecified atom stereocenters. The maximum Gasteiger partial charge on any atom is 0.306 e. The van der Waals surface area contributed by atoms with E-state index in [1.54, 1.807) is 6.92 Å². The van der Waals surface area contributed by atoms with Gasteiger partial charge >= 0.3 is 11.9 Å². The lowest BCUT2D eigenvalue weighted by Crippen LogP contribution is -2.51. The SMILES string of the molecule is CCOC(=O)CCS(=O)(=O)N1CC(CC(=O)O)C1. The molecule has 0 aromatic heterocycles. The first-order chi connectivity index (χ1) is 8.35. The molecule has 1 aliphatic heterocycles. The van der Waals surface area contributed by atoms with Crippen molar-refractivity contribution in [2.75, 3.05) is 25.4 Å². The molecule has 0 aromatic rings. The van der Waals surface area contributed by atoms with Crippen LogP contribution in [0.15, 0.2) is 0 Å². The third kappa shape index (κ3) is 4.26. The maximum atomic E-state index is 11.7. The van der Waals surface area contributed by atoms with Gasteiger partial charge in [-0.1, -0.05) is 0 Å².